The van der Waals surface area contributed by atoms with Crippen molar-refractivity contribution < 1.29 is 9.53 Å². The van der Waals surface area contributed by atoms with Gasteiger partial charge in [0.25, 0.3) is 0 Å². The fourth-order valence-electron chi connectivity index (χ4n) is 2.14. The number of carbonyl (C=O) groups excluding carboxylic acids is 1. The number of benzene rings is 1. The standard InChI is InChI=1S/C14H20N4O2/c1-10-6-4-7-11(2)12(10)13(14(19)20-3)16-8-5-9-17-18-15/h4,6-7,13,16H,5,8-9H2,1-3H3. The van der Waals surface area contributed by atoms with E-state index in [-0.39, 0.29) is 5.97 Å². The number of hydrogen-bond donors (Lipinski definition) is 1. The van der Waals surface area contributed by atoms with Gasteiger partial charge in [0.2, 0.25) is 0 Å². The number of carbonyl (C=O) groups is 1. The zero-order valence-electron chi connectivity index (χ0n) is 12.1. The summed E-state index contributed by atoms with van der Waals surface area (Å²) >= 11 is 0. The van der Waals surface area contributed by atoms with Crippen LogP contribution in [0.2, 0.25) is 0 Å². The summed E-state index contributed by atoms with van der Waals surface area (Å²) in [5.41, 5.74) is 11.3. The number of azide groups is 1. The van der Waals surface area contributed by atoms with Crippen molar-refractivity contribution in [2.24, 2.45) is 5.11 Å². The van der Waals surface area contributed by atoms with E-state index in [0.29, 0.717) is 19.5 Å². The lowest BCUT2D eigenvalue weighted by Gasteiger charge is -2.20. The van der Waals surface area contributed by atoms with Gasteiger partial charge in [0.05, 0.1) is 7.11 Å². The average Bonchev–Trinajstić information content (AvgIpc) is 2.44. The Morgan fingerprint density at radius 1 is 1.45 bits per heavy atom. The second kappa shape index (κ2) is 8.19. The van der Waals surface area contributed by atoms with Crippen LogP contribution >= 0.6 is 0 Å². The molecule has 0 aliphatic carbocycles. The van der Waals surface area contributed by atoms with Gasteiger partial charge in [-0.15, -0.1) is 0 Å². The van der Waals surface area contributed by atoms with Crippen molar-refractivity contribution in [1.29, 1.82) is 0 Å². The van der Waals surface area contributed by atoms with Crippen molar-refractivity contribution in [3.8, 4) is 0 Å². The third kappa shape index (κ3) is 4.26. The number of nitrogens with zero attached hydrogens (tertiary/aromatic N) is 3. The first-order valence-electron chi connectivity index (χ1n) is 6.50. The minimum Gasteiger partial charge on any atom is -0.468 e. The van der Waals surface area contributed by atoms with Crippen molar-refractivity contribution in [2.75, 3.05) is 20.2 Å². The van der Waals surface area contributed by atoms with Crippen molar-refractivity contribution in [3.63, 3.8) is 0 Å². The van der Waals surface area contributed by atoms with Gasteiger partial charge in [0, 0.05) is 11.5 Å². The van der Waals surface area contributed by atoms with E-state index in [1.54, 1.807) is 0 Å². The van der Waals surface area contributed by atoms with E-state index in [1.165, 1.54) is 7.11 Å². The summed E-state index contributed by atoms with van der Waals surface area (Å²) in [6.07, 6.45) is 0.669. The molecule has 1 N–H and O–H groups in total. The maximum Gasteiger partial charge on any atom is 0.327 e. The Balaban J connectivity index is 2.84. The van der Waals surface area contributed by atoms with Gasteiger partial charge in [-0.25, -0.2) is 4.79 Å². The van der Waals surface area contributed by atoms with Crippen LogP contribution in [-0.4, -0.2) is 26.2 Å². The van der Waals surface area contributed by atoms with Crippen LogP contribution in [0.4, 0.5) is 0 Å². The lowest BCUT2D eigenvalue weighted by atomic mass is 9.96. The minimum absolute atomic E-state index is 0.314. The summed E-state index contributed by atoms with van der Waals surface area (Å²) in [5, 5.41) is 6.64. The number of ether oxygens (including phenoxy) is 1. The molecule has 0 fully saturated rings. The van der Waals surface area contributed by atoms with Gasteiger partial charge in [-0.2, -0.15) is 0 Å². The van der Waals surface area contributed by atoms with Crippen molar-refractivity contribution in [1.82, 2.24) is 5.32 Å². The molecule has 0 saturated carbocycles. The van der Waals surface area contributed by atoms with Gasteiger partial charge in [-0.1, -0.05) is 23.3 Å². The van der Waals surface area contributed by atoms with Crippen LogP contribution < -0.4 is 5.32 Å². The van der Waals surface area contributed by atoms with E-state index in [4.69, 9.17) is 10.3 Å². The van der Waals surface area contributed by atoms with Crippen LogP contribution in [-0.2, 0) is 9.53 Å². The van der Waals surface area contributed by atoms with Gasteiger partial charge in [-0.05, 0) is 49.0 Å². The third-order valence-corrected chi connectivity index (χ3v) is 3.11. The van der Waals surface area contributed by atoms with E-state index in [9.17, 15) is 4.79 Å². The summed E-state index contributed by atoms with van der Waals surface area (Å²) in [6, 6.07) is 5.41. The number of hydrogen-bond acceptors (Lipinski definition) is 4. The Morgan fingerprint density at radius 2 is 2.10 bits per heavy atom. The van der Waals surface area contributed by atoms with Crippen LogP contribution in [0.15, 0.2) is 23.3 Å². The molecular weight excluding hydrogens is 256 g/mol. The number of rotatable bonds is 7. The SMILES string of the molecule is COC(=O)C(NCCCN=[N+]=[N-])c1c(C)cccc1C. The van der Waals surface area contributed by atoms with Gasteiger partial charge in [-0.3, -0.25) is 0 Å². The lowest BCUT2D eigenvalue weighted by Crippen LogP contribution is -2.31. The minimum atomic E-state index is -0.493. The van der Waals surface area contributed by atoms with Crippen LogP contribution in [0, 0.1) is 13.8 Å². The van der Waals surface area contributed by atoms with Gasteiger partial charge >= 0.3 is 5.97 Å². The molecule has 0 aromatic heterocycles. The number of esters is 1. The van der Waals surface area contributed by atoms with Crippen molar-refractivity contribution in [2.45, 2.75) is 26.3 Å². The van der Waals surface area contributed by atoms with Gasteiger partial charge < -0.3 is 10.1 Å². The number of methoxy groups -OCH3 is 1. The van der Waals surface area contributed by atoms with E-state index < -0.39 is 6.04 Å². The molecule has 0 heterocycles. The van der Waals surface area contributed by atoms with E-state index in [2.05, 4.69) is 15.3 Å². The van der Waals surface area contributed by atoms with Crippen LogP contribution in [0.25, 0.3) is 10.4 Å². The highest BCUT2D eigenvalue weighted by atomic mass is 16.5. The second-order valence-corrected chi connectivity index (χ2v) is 4.52. The predicted octanol–water partition coefficient (Wildman–Crippen LogP) is 2.81. The summed E-state index contributed by atoms with van der Waals surface area (Å²) in [6.45, 7) is 4.93. The Labute approximate surface area is 118 Å². The molecule has 0 bridgehead atoms. The second-order valence-electron chi connectivity index (χ2n) is 4.52. The molecule has 0 aliphatic rings. The van der Waals surface area contributed by atoms with Crippen LogP contribution in [0.3, 0.4) is 0 Å². The van der Waals surface area contributed by atoms with Gasteiger partial charge in [0.1, 0.15) is 6.04 Å². The van der Waals surface area contributed by atoms with E-state index >= 15 is 0 Å². The first-order valence-corrected chi connectivity index (χ1v) is 6.50. The molecule has 1 aromatic carbocycles. The molecule has 6 heteroatoms. The molecule has 1 rings (SSSR count). The summed E-state index contributed by atoms with van der Waals surface area (Å²) < 4.78 is 4.87. The summed E-state index contributed by atoms with van der Waals surface area (Å²) in [4.78, 5) is 14.7. The molecule has 0 saturated heterocycles. The molecule has 108 valence electrons. The van der Waals surface area contributed by atoms with Crippen molar-refractivity contribution in [3.05, 3.63) is 45.3 Å². The van der Waals surface area contributed by atoms with Crippen LogP contribution in [0.1, 0.15) is 29.2 Å². The summed E-state index contributed by atoms with van der Waals surface area (Å²) in [7, 11) is 1.38. The van der Waals surface area contributed by atoms with Gasteiger partial charge in [0.15, 0.2) is 0 Å². The molecule has 0 aliphatic heterocycles. The Kier molecular flexibility index (Phi) is 6.56. The molecule has 0 spiro atoms. The molecule has 20 heavy (non-hydrogen) atoms. The highest BCUT2D eigenvalue weighted by molar-refractivity contribution is 5.78. The zero-order valence-corrected chi connectivity index (χ0v) is 12.1. The maximum absolute atomic E-state index is 12.0. The highest BCUT2D eigenvalue weighted by Gasteiger charge is 2.23. The molecule has 1 aromatic rings. The quantitative estimate of drug-likeness (QED) is 0.273. The lowest BCUT2D eigenvalue weighted by molar-refractivity contribution is -0.143. The smallest absolute Gasteiger partial charge is 0.327 e. The predicted molar refractivity (Wildman–Crippen MR) is 77.3 cm³/mol. The zero-order chi connectivity index (χ0) is 15.0. The van der Waals surface area contributed by atoms with Crippen LogP contribution in [0.5, 0.6) is 0 Å². The molecule has 6 nitrogen and oxygen atoms in total. The summed E-state index contributed by atoms with van der Waals surface area (Å²) in [5.74, 6) is -0.314. The highest BCUT2D eigenvalue weighted by Crippen LogP contribution is 2.23. The molecule has 0 amide bonds. The monoisotopic (exact) mass is 276 g/mol. The molecule has 0 radical (unpaired) electrons. The van der Waals surface area contributed by atoms with Crippen molar-refractivity contribution >= 4 is 5.97 Å². The molecular formula is C14H20N4O2. The average molecular weight is 276 g/mol. The van der Waals surface area contributed by atoms with E-state index in [1.807, 2.05) is 32.0 Å². The maximum atomic E-state index is 12.0. The largest absolute Gasteiger partial charge is 0.468 e. The Bertz CT molecular complexity index is 490. The first-order chi connectivity index (χ1) is 9.61. The Morgan fingerprint density at radius 3 is 2.65 bits per heavy atom. The molecule has 1 unspecified atom stereocenters. The fraction of sp³-hybridized carbons (Fsp3) is 0.500. The Hall–Kier alpha value is -2.04. The topological polar surface area (TPSA) is 87.1 Å². The number of aryl methyl sites for hydroxylation is 2. The fourth-order valence-corrected chi connectivity index (χ4v) is 2.14. The number of nitrogens with one attached hydrogen (secondary N) is 1. The van der Waals surface area contributed by atoms with E-state index in [0.717, 1.165) is 16.7 Å². The third-order valence-electron chi connectivity index (χ3n) is 3.11. The normalized spacial score (nSPS) is 11.6. The molecule has 1 atom stereocenters. The first kappa shape index (κ1) is 16.0.